The molecule has 8 nitrogen and oxygen atoms in total. The van der Waals surface area contributed by atoms with Gasteiger partial charge in [0.15, 0.2) is 5.65 Å². The number of fused-ring (bicyclic) bond motifs is 1. The van der Waals surface area contributed by atoms with E-state index in [1.807, 2.05) is 62.1 Å². The number of nitrogens with zero attached hydrogens (tertiary/aromatic N) is 7. The molecule has 10 heteroatoms. The van der Waals surface area contributed by atoms with Crippen molar-refractivity contribution in [2.75, 3.05) is 24.5 Å². The van der Waals surface area contributed by atoms with Gasteiger partial charge >= 0.3 is 5.69 Å². The highest BCUT2D eigenvalue weighted by molar-refractivity contribution is 5.90. The molecular weight excluding hydrogens is 584 g/mol. The summed E-state index contributed by atoms with van der Waals surface area (Å²) in [6, 6.07) is 21.8. The van der Waals surface area contributed by atoms with Gasteiger partial charge in [0.25, 0.3) is 0 Å². The molecule has 1 aliphatic rings. The van der Waals surface area contributed by atoms with E-state index in [-0.39, 0.29) is 22.8 Å². The maximum Gasteiger partial charge on any atom is 0.355 e. The lowest BCUT2D eigenvalue weighted by atomic mass is 9.97. The summed E-state index contributed by atoms with van der Waals surface area (Å²) in [6.07, 6.45) is 3.31. The lowest BCUT2D eigenvalue weighted by Gasteiger charge is -2.32. The summed E-state index contributed by atoms with van der Waals surface area (Å²) >= 11 is 0. The molecule has 5 aromatic rings. The van der Waals surface area contributed by atoms with Crippen LogP contribution in [0.4, 0.5) is 14.6 Å². The van der Waals surface area contributed by atoms with Crippen molar-refractivity contribution in [2.24, 2.45) is 15.9 Å². The minimum Gasteiger partial charge on any atom is -0.356 e. The molecule has 46 heavy (non-hydrogen) atoms. The Labute approximate surface area is 266 Å². The van der Waals surface area contributed by atoms with Gasteiger partial charge in [-0.15, -0.1) is 0 Å². The van der Waals surface area contributed by atoms with Crippen molar-refractivity contribution in [2.45, 2.75) is 46.1 Å². The number of rotatable bonds is 8. The summed E-state index contributed by atoms with van der Waals surface area (Å²) in [7, 11) is 0. The average molecular weight is 620 g/mol. The van der Waals surface area contributed by atoms with Gasteiger partial charge in [0.05, 0.1) is 35.9 Å². The first-order chi connectivity index (χ1) is 22.3. The molecule has 234 valence electrons. The Balaban J connectivity index is 1.36. The monoisotopic (exact) mass is 619 g/mol. The normalized spacial score (nSPS) is 13.7. The highest BCUT2D eigenvalue weighted by atomic mass is 19.1. The third-order valence-electron chi connectivity index (χ3n) is 8.36. The van der Waals surface area contributed by atoms with Gasteiger partial charge in [0.2, 0.25) is 0 Å². The summed E-state index contributed by atoms with van der Waals surface area (Å²) in [5, 5.41) is 0.375. The van der Waals surface area contributed by atoms with Crippen LogP contribution in [0.1, 0.15) is 49.4 Å². The SMILES string of the molecule is Cc1ccnc(C(C)C)c1-n1c(=O)nc(N2CCC(CN=C=NCc3ccccc3)CC2)c2cc(F)c(-c3ccccc3F)nc21. The molecule has 1 saturated heterocycles. The number of hydrogen-bond acceptors (Lipinski definition) is 7. The molecule has 6 rings (SSSR count). The molecule has 0 bridgehead atoms. The number of piperidine rings is 1. The molecule has 1 fully saturated rings. The fourth-order valence-corrected chi connectivity index (χ4v) is 5.93. The summed E-state index contributed by atoms with van der Waals surface area (Å²) in [5.74, 6) is -0.644. The van der Waals surface area contributed by atoms with E-state index in [1.165, 1.54) is 28.8 Å². The van der Waals surface area contributed by atoms with Gasteiger partial charge in [-0.25, -0.2) is 33.1 Å². The molecule has 2 aromatic carbocycles. The molecule has 0 saturated carbocycles. The minimum atomic E-state index is -0.697. The lowest BCUT2D eigenvalue weighted by Crippen LogP contribution is -2.37. The summed E-state index contributed by atoms with van der Waals surface area (Å²) in [6.45, 7) is 8.20. The van der Waals surface area contributed by atoms with Crippen LogP contribution in [0, 0.1) is 24.5 Å². The van der Waals surface area contributed by atoms with Crippen LogP contribution in [0.5, 0.6) is 0 Å². The number of aryl methyl sites for hydroxylation is 1. The molecule has 0 spiro atoms. The van der Waals surface area contributed by atoms with E-state index >= 15 is 4.39 Å². The van der Waals surface area contributed by atoms with Crippen LogP contribution in [-0.2, 0) is 6.54 Å². The number of hydrogen-bond donors (Lipinski definition) is 0. The zero-order valence-electron chi connectivity index (χ0n) is 26.1. The van der Waals surface area contributed by atoms with Crippen molar-refractivity contribution < 1.29 is 8.78 Å². The van der Waals surface area contributed by atoms with Crippen LogP contribution in [0.2, 0.25) is 0 Å². The summed E-state index contributed by atoms with van der Waals surface area (Å²) in [5.41, 5.74) is 2.62. The van der Waals surface area contributed by atoms with Crippen molar-refractivity contribution in [3.63, 3.8) is 0 Å². The zero-order valence-corrected chi connectivity index (χ0v) is 26.1. The maximum absolute atomic E-state index is 15.8. The summed E-state index contributed by atoms with van der Waals surface area (Å²) < 4.78 is 32.1. The first-order valence-electron chi connectivity index (χ1n) is 15.5. The summed E-state index contributed by atoms with van der Waals surface area (Å²) in [4.78, 5) is 38.4. The number of pyridine rings is 2. The van der Waals surface area contributed by atoms with E-state index in [9.17, 15) is 9.18 Å². The second kappa shape index (κ2) is 13.5. The number of aliphatic imine (C=N–C) groups is 2. The van der Waals surface area contributed by atoms with Gasteiger partial charge < -0.3 is 4.90 Å². The molecule has 0 atom stereocenters. The number of halogens is 2. The minimum absolute atomic E-state index is 0.0138. The van der Waals surface area contributed by atoms with E-state index < -0.39 is 17.3 Å². The van der Waals surface area contributed by atoms with Crippen LogP contribution < -0.4 is 10.6 Å². The van der Waals surface area contributed by atoms with Crippen LogP contribution >= 0.6 is 0 Å². The first-order valence-corrected chi connectivity index (χ1v) is 15.5. The third kappa shape index (κ3) is 6.34. The van der Waals surface area contributed by atoms with E-state index in [0.717, 1.165) is 24.0 Å². The van der Waals surface area contributed by atoms with Gasteiger partial charge in [0.1, 0.15) is 23.1 Å². The second-order valence-electron chi connectivity index (χ2n) is 11.9. The molecule has 1 aliphatic heterocycles. The van der Waals surface area contributed by atoms with Crippen molar-refractivity contribution in [3.05, 3.63) is 112 Å². The highest BCUT2D eigenvalue weighted by Gasteiger charge is 2.27. The van der Waals surface area contributed by atoms with Crippen molar-refractivity contribution >= 4 is 22.9 Å². The molecule has 0 radical (unpaired) electrons. The van der Waals surface area contributed by atoms with Crippen LogP contribution in [0.3, 0.4) is 0 Å². The largest absolute Gasteiger partial charge is 0.356 e. The van der Waals surface area contributed by atoms with Crippen molar-refractivity contribution in [1.29, 1.82) is 0 Å². The number of aromatic nitrogens is 4. The molecule has 4 heterocycles. The Morgan fingerprint density at radius 3 is 2.43 bits per heavy atom. The van der Waals surface area contributed by atoms with E-state index in [1.54, 1.807) is 12.3 Å². The van der Waals surface area contributed by atoms with Crippen molar-refractivity contribution in [3.8, 4) is 16.9 Å². The molecule has 0 unspecified atom stereocenters. The Morgan fingerprint density at radius 2 is 1.70 bits per heavy atom. The fraction of sp³-hybridized carbons (Fsp3) is 0.306. The second-order valence-corrected chi connectivity index (χ2v) is 11.9. The number of benzene rings is 2. The van der Waals surface area contributed by atoms with Crippen LogP contribution in [-0.4, -0.2) is 45.2 Å². The molecule has 0 aliphatic carbocycles. The average Bonchev–Trinajstić information content (AvgIpc) is 3.06. The first kappa shape index (κ1) is 30.9. The van der Waals surface area contributed by atoms with Gasteiger partial charge in [-0.05, 0) is 67.0 Å². The smallest absolute Gasteiger partial charge is 0.355 e. The molecular formula is C36H35F2N7O. The van der Waals surface area contributed by atoms with Crippen LogP contribution in [0.25, 0.3) is 28.0 Å². The lowest BCUT2D eigenvalue weighted by molar-refractivity contribution is 0.414. The Hall–Kier alpha value is -5.08. The quantitative estimate of drug-likeness (QED) is 0.172. The third-order valence-corrected chi connectivity index (χ3v) is 8.36. The number of anilines is 1. The molecule has 0 amide bonds. The Morgan fingerprint density at radius 1 is 0.957 bits per heavy atom. The predicted octanol–water partition coefficient (Wildman–Crippen LogP) is 7.14. The zero-order chi connectivity index (χ0) is 32.2. The van der Waals surface area contributed by atoms with Gasteiger partial charge in [-0.1, -0.05) is 56.3 Å². The molecule has 3 aromatic heterocycles. The highest BCUT2D eigenvalue weighted by Crippen LogP contribution is 2.34. The van der Waals surface area contributed by atoms with Crippen LogP contribution in [0.15, 0.2) is 87.7 Å². The maximum atomic E-state index is 15.8. The van der Waals surface area contributed by atoms with E-state index in [2.05, 4.69) is 30.9 Å². The van der Waals surface area contributed by atoms with Crippen molar-refractivity contribution in [1.82, 2.24) is 19.5 Å². The van der Waals surface area contributed by atoms with E-state index in [0.29, 0.717) is 54.7 Å². The topological polar surface area (TPSA) is 88.6 Å². The van der Waals surface area contributed by atoms with Gasteiger partial charge in [-0.2, -0.15) is 4.98 Å². The predicted molar refractivity (Wildman–Crippen MR) is 177 cm³/mol. The van der Waals surface area contributed by atoms with E-state index in [4.69, 9.17) is 0 Å². The molecule has 0 N–H and O–H groups in total. The fourth-order valence-electron chi connectivity index (χ4n) is 5.93. The Kier molecular flexibility index (Phi) is 9.08. The Bertz CT molecular complexity index is 1990. The van der Waals surface area contributed by atoms with Gasteiger partial charge in [0, 0.05) is 24.8 Å². The standard InChI is InChI=1S/C36H35F2N7O/c1-23(2)31-33(24(3)13-16-41-31)45-35-28(19-30(38)32(42-35)27-11-7-8-12-29(27)37)34(43-36(45)46)44-17-14-26(15-18-44)21-40-22-39-20-25-9-5-4-6-10-25/h4-13,16,19,23,26H,14-15,17-18,20-21H2,1-3H3. The van der Waals surface area contributed by atoms with Gasteiger partial charge in [-0.3, -0.25) is 4.98 Å².